The van der Waals surface area contributed by atoms with Crippen LogP contribution < -0.4 is 4.74 Å². The smallest absolute Gasteiger partial charge is 0.119 e. The number of aryl methyl sites for hydroxylation is 1. The molecule has 1 saturated heterocycles. The summed E-state index contributed by atoms with van der Waals surface area (Å²) in [4.78, 5) is 0. The third kappa shape index (κ3) is 4.20. The molecule has 0 unspecified atom stereocenters. The van der Waals surface area contributed by atoms with Crippen LogP contribution in [-0.4, -0.2) is 62.6 Å². The summed E-state index contributed by atoms with van der Waals surface area (Å²) in [5, 5.41) is 41.5. The van der Waals surface area contributed by atoms with Crippen molar-refractivity contribution in [3.05, 3.63) is 65.4 Å². The Labute approximate surface area is 181 Å². The first-order chi connectivity index (χ1) is 14.9. The zero-order valence-electron chi connectivity index (χ0n) is 17.7. The maximum atomic E-state index is 10.6. The van der Waals surface area contributed by atoms with Gasteiger partial charge >= 0.3 is 0 Å². The highest BCUT2D eigenvalue weighted by Crippen LogP contribution is 2.37. The number of benzene rings is 2. The summed E-state index contributed by atoms with van der Waals surface area (Å²) in [7, 11) is 0. The van der Waals surface area contributed by atoms with E-state index in [1.165, 1.54) is 0 Å². The molecular formula is C24H29NO6. The van der Waals surface area contributed by atoms with Crippen molar-refractivity contribution < 1.29 is 29.9 Å². The molecule has 0 spiro atoms. The molecule has 3 aromatic rings. The van der Waals surface area contributed by atoms with Crippen molar-refractivity contribution in [1.82, 2.24) is 4.57 Å². The largest absolute Gasteiger partial charge is 0.494 e. The molecule has 0 bridgehead atoms. The minimum atomic E-state index is -1.41. The van der Waals surface area contributed by atoms with Gasteiger partial charge in [-0.1, -0.05) is 23.8 Å². The van der Waals surface area contributed by atoms with Crippen molar-refractivity contribution in [3.63, 3.8) is 0 Å². The number of nitrogens with zero attached hydrogens (tertiary/aromatic N) is 1. The molecule has 31 heavy (non-hydrogen) atoms. The lowest BCUT2D eigenvalue weighted by atomic mass is 9.91. The van der Waals surface area contributed by atoms with E-state index in [1.54, 1.807) is 0 Å². The van der Waals surface area contributed by atoms with Crippen LogP contribution in [0, 0.1) is 6.92 Å². The summed E-state index contributed by atoms with van der Waals surface area (Å²) in [5.74, 6) is 0.821. The van der Waals surface area contributed by atoms with E-state index in [0.717, 1.165) is 27.8 Å². The average Bonchev–Trinajstić information content (AvgIpc) is 3.11. The van der Waals surface area contributed by atoms with Crippen LogP contribution in [-0.2, 0) is 11.3 Å². The fraction of sp³-hybridized carbons (Fsp3) is 0.417. The van der Waals surface area contributed by atoms with Gasteiger partial charge in [0, 0.05) is 29.2 Å². The van der Waals surface area contributed by atoms with Crippen LogP contribution in [0.4, 0.5) is 0 Å². The summed E-state index contributed by atoms with van der Waals surface area (Å²) >= 11 is 0. The number of hydrogen-bond donors (Lipinski definition) is 4. The van der Waals surface area contributed by atoms with E-state index >= 15 is 0 Å². The molecule has 0 saturated carbocycles. The van der Waals surface area contributed by atoms with Crippen LogP contribution in [0.1, 0.15) is 29.7 Å². The number of aromatic nitrogens is 1. The van der Waals surface area contributed by atoms with Gasteiger partial charge in [0.15, 0.2) is 0 Å². The SMILES string of the molecule is CCOc1ccc(Cn2cc([C@@H]3O[C@H](CO)[C@@H](O)[C@H](O)[C@H]3O)c3cc(C)ccc32)cc1. The van der Waals surface area contributed by atoms with Gasteiger partial charge in [0.1, 0.15) is 36.3 Å². The van der Waals surface area contributed by atoms with Crippen LogP contribution in [0.2, 0.25) is 0 Å². The highest BCUT2D eigenvalue weighted by molar-refractivity contribution is 5.85. The van der Waals surface area contributed by atoms with Gasteiger partial charge < -0.3 is 34.5 Å². The van der Waals surface area contributed by atoms with Crippen LogP contribution in [0.5, 0.6) is 5.75 Å². The van der Waals surface area contributed by atoms with Crippen LogP contribution in [0.3, 0.4) is 0 Å². The van der Waals surface area contributed by atoms with Gasteiger partial charge in [-0.25, -0.2) is 0 Å². The van der Waals surface area contributed by atoms with Crippen LogP contribution in [0.25, 0.3) is 10.9 Å². The number of aliphatic hydroxyl groups excluding tert-OH is 4. The second-order valence-electron chi connectivity index (χ2n) is 8.06. The number of fused-ring (bicyclic) bond motifs is 1. The molecule has 7 heteroatoms. The van der Waals surface area contributed by atoms with Crippen LogP contribution >= 0.6 is 0 Å². The number of ether oxygens (including phenoxy) is 2. The first-order valence-corrected chi connectivity index (χ1v) is 10.5. The lowest BCUT2D eigenvalue weighted by molar-refractivity contribution is -0.231. The van der Waals surface area contributed by atoms with Gasteiger partial charge in [-0.3, -0.25) is 0 Å². The van der Waals surface area contributed by atoms with Crippen molar-refractivity contribution in [1.29, 1.82) is 0 Å². The predicted octanol–water partition coefficient (Wildman–Crippen LogP) is 1.91. The molecule has 166 valence electrons. The molecule has 4 rings (SSSR count). The second-order valence-corrected chi connectivity index (χ2v) is 8.06. The van der Waals surface area contributed by atoms with Gasteiger partial charge in [0.25, 0.3) is 0 Å². The molecular weight excluding hydrogens is 398 g/mol. The monoisotopic (exact) mass is 427 g/mol. The topological polar surface area (TPSA) is 104 Å². The first-order valence-electron chi connectivity index (χ1n) is 10.5. The number of hydrogen-bond acceptors (Lipinski definition) is 6. The number of aliphatic hydroxyl groups is 4. The van der Waals surface area contributed by atoms with Crippen molar-refractivity contribution in [2.24, 2.45) is 0 Å². The normalized spacial score (nSPS) is 26.3. The van der Waals surface area contributed by atoms with Gasteiger partial charge in [0.05, 0.1) is 13.2 Å². The van der Waals surface area contributed by atoms with Gasteiger partial charge in [-0.05, 0) is 43.7 Å². The molecule has 2 aromatic carbocycles. The highest BCUT2D eigenvalue weighted by atomic mass is 16.5. The van der Waals surface area contributed by atoms with E-state index in [0.29, 0.717) is 18.7 Å². The lowest BCUT2D eigenvalue weighted by Gasteiger charge is -2.40. The van der Waals surface area contributed by atoms with E-state index in [4.69, 9.17) is 9.47 Å². The Bertz CT molecular complexity index is 1030. The molecule has 5 atom stereocenters. The molecule has 2 heterocycles. The fourth-order valence-electron chi connectivity index (χ4n) is 4.21. The Morgan fingerprint density at radius 2 is 1.74 bits per heavy atom. The van der Waals surface area contributed by atoms with E-state index in [2.05, 4.69) is 4.57 Å². The Kier molecular flexibility index (Phi) is 6.31. The van der Waals surface area contributed by atoms with Crippen molar-refractivity contribution in [3.8, 4) is 5.75 Å². The summed E-state index contributed by atoms with van der Waals surface area (Å²) in [5.41, 5.74) is 3.81. The Balaban J connectivity index is 1.72. The van der Waals surface area contributed by atoms with Crippen molar-refractivity contribution >= 4 is 10.9 Å². The molecule has 0 aliphatic carbocycles. The summed E-state index contributed by atoms with van der Waals surface area (Å²) < 4.78 is 13.4. The molecule has 1 aromatic heterocycles. The summed E-state index contributed by atoms with van der Waals surface area (Å²) in [6.07, 6.45) is -4.02. The van der Waals surface area contributed by atoms with E-state index in [1.807, 2.05) is 62.5 Å². The molecule has 1 aliphatic rings. The third-order valence-electron chi connectivity index (χ3n) is 5.85. The Morgan fingerprint density at radius 1 is 1.00 bits per heavy atom. The quantitative estimate of drug-likeness (QED) is 0.479. The molecule has 4 N–H and O–H groups in total. The van der Waals surface area contributed by atoms with Crippen molar-refractivity contribution in [2.45, 2.75) is 50.9 Å². The second kappa shape index (κ2) is 8.98. The van der Waals surface area contributed by atoms with Gasteiger partial charge in [-0.15, -0.1) is 0 Å². The summed E-state index contributed by atoms with van der Waals surface area (Å²) in [6, 6.07) is 14.0. The molecule has 1 aliphatic heterocycles. The first kappa shape index (κ1) is 21.8. The summed E-state index contributed by atoms with van der Waals surface area (Å²) in [6.45, 7) is 4.70. The predicted molar refractivity (Wildman–Crippen MR) is 116 cm³/mol. The maximum absolute atomic E-state index is 10.6. The van der Waals surface area contributed by atoms with E-state index in [-0.39, 0.29) is 0 Å². The van der Waals surface area contributed by atoms with Crippen LogP contribution in [0.15, 0.2) is 48.7 Å². The molecule has 7 nitrogen and oxygen atoms in total. The standard InChI is InChI=1S/C24H29NO6/c1-3-30-16-7-5-15(6-8-16)11-25-12-18(17-10-14(2)4-9-19(17)25)24-23(29)22(28)21(27)20(13-26)31-24/h4-10,12,20-24,26-29H,3,11,13H2,1-2H3/t20-,21-,22+,23-,24+/m1/s1. The van der Waals surface area contributed by atoms with Gasteiger partial charge in [0.2, 0.25) is 0 Å². The maximum Gasteiger partial charge on any atom is 0.119 e. The Hall–Kier alpha value is -2.42. The molecule has 0 radical (unpaired) electrons. The minimum absolute atomic E-state index is 0.453. The minimum Gasteiger partial charge on any atom is -0.494 e. The zero-order valence-corrected chi connectivity index (χ0v) is 17.7. The molecule has 1 fully saturated rings. The lowest BCUT2D eigenvalue weighted by Crippen LogP contribution is -2.55. The zero-order chi connectivity index (χ0) is 22.1. The fourth-order valence-corrected chi connectivity index (χ4v) is 4.21. The van der Waals surface area contributed by atoms with Crippen molar-refractivity contribution in [2.75, 3.05) is 13.2 Å². The number of rotatable bonds is 6. The van der Waals surface area contributed by atoms with E-state index in [9.17, 15) is 20.4 Å². The highest BCUT2D eigenvalue weighted by Gasteiger charge is 2.44. The van der Waals surface area contributed by atoms with Gasteiger partial charge in [-0.2, -0.15) is 0 Å². The molecule has 0 amide bonds. The Morgan fingerprint density at radius 3 is 2.42 bits per heavy atom. The third-order valence-corrected chi connectivity index (χ3v) is 5.85. The van der Waals surface area contributed by atoms with E-state index < -0.39 is 37.1 Å². The average molecular weight is 427 g/mol.